The van der Waals surface area contributed by atoms with Gasteiger partial charge in [0.2, 0.25) is 0 Å². The van der Waals surface area contributed by atoms with Crippen molar-refractivity contribution >= 4 is 29.4 Å². The SMILES string of the molecule is O=C(Nc1cc(C(=O)O)cc(O)c1Cl)OCC1c2ccccc2-c2ccccc21. The summed E-state index contributed by atoms with van der Waals surface area (Å²) in [5.41, 5.74) is 4.12. The molecule has 0 unspecified atom stereocenters. The number of halogens is 1. The van der Waals surface area contributed by atoms with Crippen LogP contribution in [0.5, 0.6) is 5.75 Å². The summed E-state index contributed by atoms with van der Waals surface area (Å²) in [5.74, 6) is -1.81. The smallest absolute Gasteiger partial charge is 0.411 e. The lowest BCUT2D eigenvalue weighted by atomic mass is 9.98. The van der Waals surface area contributed by atoms with Gasteiger partial charge in [-0.15, -0.1) is 0 Å². The number of fused-ring (bicyclic) bond motifs is 3. The molecule has 6 nitrogen and oxygen atoms in total. The number of carboxylic acid groups (broad SMARTS) is 1. The molecule has 0 aromatic heterocycles. The summed E-state index contributed by atoms with van der Waals surface area (Å²) >= 11 is 5.96. The lowest BCUT2D eigenvalue weighted by Crippen LogP contribution is -2.18. The van der Waals surface area contributed by atoms with Crippen LogP contribution in [-0.2, 0) is 4.74 Å². The van der Waals surface area contributed by atoms with E-state index in [1.807, 2.05) is 48.5 Å². The van der Waals surface area contributed by atoms with Gasteiger partial charge in [0.1, 0.15) is 17.4 Å². The number of phenols is 1. The maximum atomic E-state index is 12.3. The molecular weight excluding hydrogens is 394 g/mol. The number of aromatic carboxylic acids is 1. The summed E-state index contributed by atoms with van der Waals surface area (Å²) in [4.78, 5) is 23.5. The normalized spacial score (nSPS) is 12.2. The van der Waals surface area contributed by atoms with Crippen molar-refractivity contribution in [1.82, 2.24) is 0 Å². The van der Waals surface area contributed by atoms with Gasteiger partial charge in [-0.05, 0) is 34.4 Å². The number of anilines is 1. The van der Waals surface area contributed by atoms with Crippen LogP contribution in [0.2, 0.25) is 5.02 Å². The molecule has 0 radical (unpaired) electrons. The van der Waals surface area contributed by atoms with Crippen molar-refractivity contribution in [3.8, 4) is 16.9 Å². The fraction of sp³-hybridized carbons (Fsp3) is 0.0909. The third-order valence-electron chi connectivity index (χ3n) is 4.88. The standard InChI is InChI=1S/C22H16ClNO5/c23-20-18(9-12(21(26)27)10-19(20)25)24-22(28)29-11-17-15-7-3-1-5-13(15)14-6-2-4-8-16(14)17/h1-10,17,25H,11H2,(H,24,28)(H,26,27). The van der Waals surface area contributed by atoms with E-state index in [1.54, 1.807) is 0 Å². The first-order chi connectivity index (χ1) is 14.0. The van der Waals surface area contributed by atoms with Crippen molar-refractivity contribution in [1.29, 1.82) is 0 Å². The second-order valence-corrected chi connectivity index (χ2v) is 6.99. The first-order valence-electron chi connectivity index (χ1n) is 8.83. The quantitative estimate of drug-likeness (QED) is 0.556. The van der Waals surface area contributed by atoms with Crippen LogP contribution in [0.25, 0.3) is 11.1 Å². The van der Waals surface area contributed by atoms with E-state index in [1.165, 1.54) is 0 Å². The van der Waals surface area contributed by atoms with E-state index in [0.29, 0.717) is 0 Å². The van der Waals surface area contributed by atoms with Crippen molar-refractivity contribution in [2.24, 2.45) is 0 Å². The van der Waals surface area contributed by atoms with Crippen LogP contribution in [0, 0.1) is 0 Å². The number of carbonyl (C=O) groups is 2. The largest absolute Gasteiger partial charge is 0.506 e. The molecule has 1 aliphatic carbocycles. The minimum Gasteiger partial charge on any atom is -0.506 e. The van der Waals surface area contributed by atoms with Gasteiger partial charge < -0.3 is 14.9 Å². The Labute approximate surface area is 171 Å². The highest BCUT2D eigenvalue weighted by atomic mass is 35.5. The molecule has 0 heterocycles. The summed E-state index contributed by atoms with van der Waals surface area (Å²) in [6, 6.07) is 18.1. The molecule has 7 heteroatoms. The third kappa shape index (κ3) is 3.50. The van der Waals surface area contributed by atoms with Crippen molar-refractivity contribution in [2.75, 3.05) is 11.9 Å². The number of carboxylic acids is 1. The van der Waals surface area contributed by atoms with Crippen LogP contribution in [0.4, 0.5) is 10.5 Å². The van der Waals surface area contributed by atoms with Gasteiger partial charge in [0.25, 0.3) is 0 Å². The maximum Gasteiger partial charge on any atom is 0.411 e. The number of rotatable bonds is 4. The Hall–Kier alpha value is -3.51. The third-order valence-corrected chi connectivity index (χ3v) is 5.28. The Morgan fingerprint density at radius 2 is 1.59 bits per heavy atom. The van der Waals surface area contributed by atoms with Gasteiger partial charge in [0, 0.05) is 5.92 Å². The number of benzene rings is 3. The average Bonchev–Trinajstić information content (AvgIpc) is 3.03. The van der Waals surface area contributed by atoms with Crippen molar-refractivity contribution < 1.29 is 24.5 Å². The van der Waals surface area contributed by atoms with Crippen LogP contribution in [0.3, 0.4) is 0 Å². The van der Waals surface area contributed by atoms with E-state index in [2.05, 4.69) is 5.32 Å². The van der Waals surface area contributed by atoms with Crippen molar-refractivity contribution in [3.63, 3.8) is 0 Å². The van der Waals surface area contributed by atoms with Crippen molar-refractivity contribution in [2.45, 2.75) is 5.92 Å². The molecule has 29 heavy (non-hydrogen) atoms. The van der Waals surface area contributed by atoms with Gasteiger partial charge >= 0.3 is 12.1 Å². The molecule has 3 aromatic rings. The number of phenolic OH excluding ortho intramolecular Hbond substituents is 1. The van der Waals surface area contributed by atoms with Gasteiger partial charge in [-0.1, -0.05) is 60.1 Å². The second-order valence-electron chi connectivity index (χ2n) is 6.61. The number of hydrogen-bond acceptors (Lipinski definition) is 4. The zero-order valence-electron chi connectivity index (χ0n) is 15.1. The molecule has 1 aliphatic rings. The molecule has 0 bridgehead atoms. The molecule has 0 spiro atoms. The lowest BCUT2D eigenvalue weighted by Gasteiger charge is -2.15. The topological polar surface area (TPSA) is 95.9 Å². The molecule has 1 amide bonds. The van der Waals surface area contributed by atoms with Gasteiger partial charge in [-0.3, -0.25) is 5.32 Å². The number of nitrogens with one attached hydrogen (secondary N) is 1. The molecule has 146 valence electrons. The highest BCUT2D eigenvalue weighted by Gasteiger charge is 2.29. The minimum atomic E-state index is -1.26. The van der Waals surface area contributed by atoms with Gasteiger partial charge in [-0.25, -0.2) is 9.59 Å². The predicted octanol–water partition coefficient (Wildman–Crippen LogP) is 5.10. The first-order valence-corrected chi connectivity index (χ1v) is 9.21. The van der Waals surface area contributed by atoms with E-state index >= 15 is 0 Å². The lowest BCUT2D eigenvalue weighted by molar-refractivity contribution is 0.0696. The van der Waals surface area contributed by atoms with Gasteiger partial charge in [0.05, 0.1) is 11.3 Å². The Balaban J connectivity index is 1.52. The van der Waals surface area contributed by atoms with E-state index < -0.39 is 17.8 Å². The number of aromatic hydroxyl groups is 1. The molecule has 0 fully saturated rings. The van der Waals surface area contributed by atoms with Gasteiger partial charge in [0.15, 0.2) is 0 Å². The van der Waals surface area contributed by atoms with Crippen molar-refractivity contribution in [3.05, 3.63) is 82.4 Å². The van der Waals surface area contributed by atoms with Crippen LogP contribution < -0.4 is 5.32 Å². The van der Waals surface area contributed by atoms with Crippen LogP contribution >= 0.6 is 11.6 Å². The predicted molar refractivity (Wildman–Crippen MR) is 109 cm³/mol. The number of carbonyl (C=O) groups excluding carboxylic acids is 1. The molecule has 0 atom stereocenters. The number of amides is 1. The molecule has 3 N–H and O–H groups in total. The first kappa shape index (κ1) is 18.8. The second kappa shape index (κ2) is 7.48. The van der Waals surface area contributed by atoms with Gasteiger partial charge in [-0.2, -0.15) is 0 Å². The van der Waals surface area contributed by atoms with Crippen LogP contribution in [-0.4, -0.2) is 28.9 Å². The maximum absolute atomic E-state index is 12.3. The Kier molecular flexibility index (Phi) is 4.86. The minimum absolute atomic E-state index is 0.0405. The molecule has 0 aliphatic heterocycles. The summed E-state index contributed by atoms with van der Waals surface area (Å²) in [5, 5.41) is 21.1. The molecule has 4 rings (SSSR count). The highest BCUT2D eigenvalue weighted by Crippen LogP contribution is 2.44. The monoisotopic (exact) mass is 409 g/mol. The Morgan fingerprint density at radius 1 is 1.00 bits per heavy atom. The van der Waals surface area contributed by atoms with E-state index in [0.717, 1.165) is 34.4 Å². The molecule has 3 aromatic carbocycles. The average molecular weight is 410 g/mol. The zero-order valence-corrected chi connectivity index (χ0v) is 15.8. The summed E-state index contributed by atoms with van der Waals surface area (Å²) < 4.78 is 5.40. The van der Waals surface area contributed by atoms with Crippen LogP contribution in [0.1, 0.15) is 27.4 Å². The molecular formula is C22H16ClNO5. The summed E-state index contributed by atoms with van der Waals surface area (Å²) in [7, 11) is 0. The number of ether oxygens (including phenoxy) is 1. The van der Waals surface area contributed by atoms with E-state index in [9.17, 15) is 14.7 Å². The number of hydrogen-bond donors (Lipinski definition) is 3. The summed E-state index contributed by atoms with van der Waals surface area (Å²) in [6.07, 6.45) is -0.796. The highest BCUT2D eigenvalue weighted by molar-refractivity contribution is 6.35. The van der Waals surface area contributed by atoms with E-state index in [-0.39, 0.29) is 28.8 Å². The van der Waals surface area contributed by atoms with E-state index in [4.69, 9.17) is 21.4 Å². The fourth-order valence-electron chi connectivity index (χ4n) is 3.57. The summed E-state index contributed by atoms with van der Waals surface area (Å²) in [6.45, 7) is 0.0993. The Morgan fingerprint density at radius 3 is 2.17 bits per heavy atom. The zero-order chi connectivity index (χ0) is 20.5. The molecule has 0 saturated carbocycles. The fourth-order valence-corrected chi connectivity index (χ4v) is 3.72. The Bertz CT molecular complexity index is 1080. The van der Waals surface area contributed by atoms with Crippen LogP contribution in [0.15, 0.2) is 60.7 Å². The molecule has 0 saturated heterocycles.